The van der Waals surface area contributed by atoms with Gasteiger partial charge < -0.3 is 10.1 Å². The molecule has 6 nitrogen and oxygen atoms in total. The first-order chi connectivity index (χ1) is 13.6. The molecule has 0 unspecified atom stereocenters. The Bertz CT molecular complexity index is 1040. The van der Waals surface area contributed by atoms with E-state index in [1.54, 1.807) is 23.8 Å². The van der Waals surface area contributed by atoms with Crippen LogP contribution in [0.2, 0.25) is 0 Å². The van der Waals surface area contributed by atoms with Gasteiger partial charge in [-0.1, -0.05) is 36.0 Å². The molecule has 1 heterocycles. The molecule has 1 amide bonds. The molecule has 0 aliphatic heterocycles. The van der Waals surface area contributed by atoms with Crippen molar-refractivity contribution in [2.24, 2.45) is 0 Å². The molecular formula is C20H20BrN3O3S. The second-order valence-corrected chi connectivity index (χ2v) is 7.83. The van der Waals surface area contributed by atoms with E-state index in [2.05, 4.69) is 26.2 Å². The lowest BCUT2D eigenvalue weighted by Gasteiger charge is -2.13. The number of hydrogen-bond acceptors (Lipinski definition) is 5. The maximum absolute atomic E-state index is 12.9. The summed E-state index contributed by atoms with van der Waals surface area (Å²) in [5.41, 5.74) is 1.23. The monoisotopic (exact) mass is 461 g/mol. The Balaban J connectivity index is 1.80. The SMILES string of the molecule is COCCCn1c(SCC(=O)Nc2ccccc2Br)nc2ccccc2c1=O. The average molecular weight is 462 g/mol. The minimum Gasteiger partial charge on any atom is -0.385 e. The standard InChI is InChI=1S/C20H20BrN3O3S/c1-27-12-6-11-24-19(26)14-7-2-4-9-16(14)23-20(24)28-13-18(25)22-17-10-5-3-8-15(17)21/h2-5,7-10H,6,11-13H2,1H3,(H,22,25). The Morgan fingerprint density at radius 1 is 1.21 bits per heavy atom. The number of carbonyl (C=O) groups is 1. The molecule has 0 spiro atoms. The molecule has 1 aromatic heterocycles. The molecule has 0 saturated carbocycles. The van der Waals surface area contributed by atoms with Crippen LogP contribution in [0.15, 0.2) is 63.0 Å². The fourth-order valence-electron chi connectivity index (χ4n) is 2.70. The van der Waals surface area contributed by atoms with E-state index in [-0.39, 0.29) is 17.2 Å². The second kappa shape index (κ2) is 9.86. The molecule has 28 heavy (non-hydrogen) atoms. The number of amides is 1. The summed E-state index contributed by atoms with van der Waals surface area (Å²) >= 11 is 4.66. The second-order valence-electron chi connectivity index (χ2n) is 6.03. The first-order valence-corrected chi connectivity index (χ1v) is 10.5. The molecular weight excluding hydrogens is 442 g/mol. The van der Waals surface area contributed by atoms with Gasteiger partial charge in [0.05, 0.1) is 22.3 Å². The number of para-hydroxylation sites is 2. The molecule has 8 heteroatoms. The van der Waals surface area contributed by atoms with Crippen molar-refractivity contribution in [3.8, 4) is 0 Å². The van der Waals surface area contributed by atoms with Crippen molar-refractivity contribution in [1.29, 1.82) is 0 Å². The highest BCUT2D eigenvalue weighted by atomic mass is 79.9. The zero-order valence-electron chi connectivity index (χ0n) is 15.4. The Kier molecular flexibility index (Phi) is 7.24. The van der Waals surface area contributed by atoms with Gasteiger partial charge in [-0.25, -0.2) is 4.98 Å². The molecule has 0 aliphatic carbocycles. The number of methoxy groups -OCH3 is 1. The van der Waals surface area contributed by atoms with E-state index in [0.717, 1.165) is 4.47 Å². The Labute approximate surface area is 175 Å². The van der Waals surface area contributed by atoms with Crippen molar-refractivity contribution >= 4 is 50.2 Å². The third-order valence-corrected chi connectivity index (χ3v) is 5.70. The Morgan fingerprint density at radius 3 is 2.75 bits per heavy atom. The van der Waals surface area contributed by atoms with Gasteiger partial charge >= 0.3 is 0 Å². The highest BCUT2D eigenvalue weighted by Gasteiger charge is 2.13. The van der Waals surface area contributed by atoms with Gasteiger partial charge in [0.1, 0.15) is 0 Å². The smallest absolute Gasteiger partial charge is 0.262 e. The van der Waals surface area contributed by atoms with Gasteiger partial charge in [0.25, 0.3) is 5.56 Å². The maximum atomic E-state index is 12.9. The van der Waals surface area contributed by atoms with Gasteiger partial charge in [-0.2, -0.15) is 0 Å². The topological polar surface area (TPSA) is 73.2 Å². The fourth-order valence-corrected chi connectivity index (χ4v) is 3.91. The molecule has 0 atom stereocenters. The number of fused-ring (bicyclic) bond motifs is 1. The molecule has 0 bridgehead atoms. The quantitative estimate of drug-likeness (QED) is 0.312. The number of anilines is 1. The minimum atomic E-state index is -0.164. The predicted octanol–water partition coefficient (Wildman–Crippen LogP) is 3.93. The first-order valence-electron chi connectivity index (χ1n) is 8.76. The summed E-state index contributed by atoms with van der Waals surface area (Å²) in [7, 11) is 1.63. The Hall–Kier alpha value is -2.16. The highest BCUT2D eigenvalue weighted by molar-refractivity contribution is 9.10. The van der Waals surface area contributed by atoms with Crippen LogP contribution in [0, 0.1) is 0 Å². The van der Waals surface area contributed by atoms with E-state index in [0.29, 0.717) is 41.3 Å². The number of aromatic nitrogens is 2. The van der Waals surface area contributed by atoms with E-state index in [9.17, 15) is 9.59 Å². The fraction of sp³-hybridized carbons (Fsp3) is 0.250. The summed E-state index contributed by atoms with van der Waals surface area (Å²) in [6.07, 6.45) is 0.688. The van der Waals surface area contributed by atoms with Crippen molar-refractivity contribution in [3.05, 3.63) is 63.4 Å². The van der Waals surface area contributed by atoms with Crippen molar-refractivity contribution in [3.63, 3.8) is 0 Å². The molecule has 2 aromatic carbocycles. The van der Waals surface area contributed by atoms with Crippen LogP contribution in [0.4, 0.5) is 5.69 Å². The summed E-state index contributed by atoms with van der Waals surface area (Å²) in [6, 6.07) is 14.7. The van der Waals surface area contributed by atoms with Gasteiger partial charge in [0.15, 0.2) is 5.16 Å². The normalized spacial score (nSPS) is 10.9. The van der Waals surface area contributed by atoms with Gasteiger partial charge in [-0.05, 0) is 46.6 Å². The number of thioether (sulfide) groups is 1. The Morgan fingerprint density at radius 2 is 1.96 bits per heavy atom. The van der Waals surface area contributed by atoms with Crippen molar-refractivity contribution in [2.75, 3.05) is 24.8 Å². The minimum absolute atomic E-state index is 0.101. The van der Waals surface area contributed by atoms with Crippen LogP contribution < -0.4 is 10.9 Å². The van der Waals surface area contributed by atoms with E-state index >= 15 is 0 Å². The highest BCUT2D eigenvalue weighted by Crippen LogP contribution is 2.22. The van der Waals surface area contributed by atoms with Crippen LogP contribution in [-0.2, 0) is 16.1 Å². The van der Waals surface area contributed by atoms with E-state index in [1.807, 2.05) is 36.4 Å². The van der Waals surface area contributed by atoms with Crippen LogP contribution in [0.3, 0.4) is 0 Å². The molecule has 146 valence electrons. The molecule has 0 fully saturated rings. The molecule has 3 rings (SSSR count). The number of nitrogens with one attached hydrogen (secondary N) is 1. The molecule has 0 radical (unpaired) electrons. The van der Waals surface area contributed by atoms with Gasteiger partial charge in [0.2, 0.25) is 5.91 Å². The molecule has 0 saturated heterocycles. The number of nitrogens with zero attached hydrogens (tertiary/aromatic N) is 2. The molecule has 3 aromatic rings. The third-order valence-electron chi connectivity index (χ3n) is 4.04. The van der Waals surface area contributed by atoms with Crippen LogP contribution >= 0.6 is 27.7 Å². The van der Waals surface area contributed by atoms with E-state index in [1.165, 1.54) is 11.8 Å². The summed E-state index contributed by atoms with van der Waals surface area (Å²) in [6.45, 7) is 1.03. The maximum Gasteiger partial charge on any atom is 0.262 e. The van der Waals surface area contributed by atoms with Gasteiger partial charge in [-0.3, -0.25) is 14.2 Å². The summed E-state index contributed by atoms with van der Waals surface area (Å²) in [5, 5.41) is 3.96. The molecule has 1 N–H and O–H groups in total. The largest absolute Gasteiger partial charge is 0.385 e. The van der Waals surface area contributed by atoms with Gasteiger partial charge in [-0.15, -0.1) is 0 Å². The van der Waals surface area contributed by atoms with Crippen molar-refractivity contribution in [2.45, 2.75) is 18.1 Å². The van der Waals surface area contributed by atoms with Crippen LogP contribution in [0.1, 0.15) is 6.42 Å². The number of ether oxygens (including phenoxy) is 1. The first kappa shape index (κ1) is 20.6. The number of carbonyl (C=O) groups excluding carboxylic acids is 1. The lowest BCUT2D eigenvalue weighted by Crippen LogP contribution is -2.25. The van der Waals surface area contributed by atoms with E-state index < -0.39 is 0 Å². The number of rotatable bonds is 8. The van der Waals surface area contributed by atoms with Crippen LogP contribution in [-0.4, -0.2) is 34.9 Å². The summed E-state index contributed by atoms with van der Waals surface area (Å²) in [4.78, 5) is 29.9. The number of benzene rings is 2. The molecule has 0 aliphatic rings. The van der Waals surface area contributed by atoms with Crippen LogP contribution in [0.5, 0.6) is 0 Å². The predicted molar refractivity (Wildman–Crippen MR) is 116 cm³/mol. The van der Waals surface area contributed by atoms with Crippen molar-refractivity contribution in [1.82, 2.24) is 9.55 Å². The van der Waals surface area contributed by atoms with E-state index in [4.69, 9.17) is 4.74 Å². The number of hydrogen-bond donors (Lipinski definition) is 1. The lowest BCUT2D eigenvalue weighted by atomic mass is 10.2. The van der Waals surface area contributed by atoms with Crippen molar-refractivity contribution < 1.29 is 9.53 Å². The lowest BCUT2D eigenvalue weighted by molar-refractivity contribution is -0.113. The average Bonchev–Trinajstić information content (AvgIpc) is 2.70. The zero-order chi connectivity index (χ0) is 19.9. The van der Waals surface area contributed by atoms with Gasteiger partial charge in [0, 0.05) is 24.7 Å². The van der Waals surface area contributed by atoms with Crippen LogP contribution in [0.25, 0.3) is 10.9 Å². The summed E-state index contributed by atoms with van der Waals surface area (Å²) in [5.74, 6) is -0.0149. The third kappa shape index (κ3) is 5.01. The number of halogens is 1. The summed E-state index contributed by atoms with van der Waals surface area (Å²) < 4.78 is 7.53. The zero-order valence-corrected chi connectivity index (χ0v) is 17.8.